The van der Waals surface area contributed by atoms with E-state index in [0.29, 0.717) is 22.8 Å². The van der Waals surface area contributed by atoms with Crippen molar-refractivity contribution in [3.63, 3.8) is 0 Å². The van der Waals surface area contributed by atoms with Crippen LogP contribution in [0, 0.1) is 0 Å². The normalized spacial score (nSPS) is 9.63. The minimum absolute atomic E-state index is 0.0537. The number of carbonyl (C=O) groups excluding carboxylic acids is 2. The standard InChI is InChI=1S/C12H16N2O5/c1-17-7-4-9(18-2)8(10(5-7)19-3)6-14-12(16)11(13)15/h4-5H,6H2,1-3H3,(H2,13,15)(H,14,16). The third-order valence-corrected chi connectivity index (χ3v) is 2.47. The molecule has 0 fully saturated rings. The van der Waals surface area contributed by atoms with Crippen LogP contribution in [0.2, 0.25) is 0 Å². The van der Waals surface area contributed by atoms with Gasteiger partial charge in [0.2, 0.25) is 0 Å². The minimum atomic E-state index is -1.05. The van der Waals surface area contributed by atoms with Gasteiger partial charge in [-0.05, 0) is 0 Å². The summed E-state index contributed by atoms with van der Waals surface area (Å²) in [7, 11) is 4.48. The maximum absolute atomic E-state index is 11.1. The summed E-state index contributed by atoms with van der Waals surface area (Å²) in [6.45, 7) is 0.0537. The molecule has 0 radical (unpaired) electrons. The number of amides is 2. The summed E-state index contributed by atoms with van der Waals surface area (Å²) in [4.78, 5) is 21.8. The number of nitrogens with two attached hydrogens (primary N) is 1. The molecule has 7 nitrogen and oxygen atoms in total. The molecule has 0 saturated heterocycles. The van der Waals surface area contributed by atoms with Gasteiger partial charge in [-0.2, -0.15) is 0 Å². The van der Waals surface area contributed by atoms with Crippen LogP contribution in [0.5, 0.6) is 17.2 Å². The average Bonchev–Trinajstić information content (AvgIpc) is 2.43. The molecule has 104 valence electrons. The molecule has 1 aromatic rings. The summed E-state index contributed by atoms with van der Waals surface area (Å²) in [5, 5.41) is 2.37. The third-order valence-electron chi connectivity index (χ3n) is 2.47. The van der Waals surface area contributed by atoms with Crippen molar-refractivity contribution in [3.05, 3.63) is 17.7 Å². The second kappa shape index (κ2) is 6.48. The zero-order valence-corrected chi connectivity index (χ0v) is 11.0. The predicted octanol–water partition coefficient (Wildman–Crippen LogP) is -0.186. The molecule has 7 heteroatoms. The fraction of sp³-hybridized carbons (Fsp3) is 0.333. The number of hydrogen-bond acceptors (Lipinski definition) is 5. The fourth-order valence-corrected chi connectivity index (χ4v) is 1.51. The molecule has 0 aliphatic heterocycles. The Hall–Kier alpha value is -2.44. The molecule has 0 spiro atoms. The molecule has 0 aliphatic rings. The lowest BCUT2D eigenvalue weighted by Crippen LogP contribution is -2.35. The highest BCUT2D eigenvalue weighted by atomic mass is 16.5. The maximum Gasteiger partial charge on any atom is 0.309 e. The third kappa shape index (κ3) is 3.51. The molecule has 0 heterocycles. The Kier molecular flexibility index (Phi) is 4.99. The van der Waals surface area contributed by atoms with Gasteiger partial charge in [0.05, 0.1) is 33.4 Å². The Morgan fingerprint density at radius 1 is 1.11 bits per heavy atom. The first-order valence-corrected chi connectivity index (χ1v) is 5.40. The van der Waals surface area contributed by atoms with E-state index in [0.717, 1.165) is 0 Å². The topological polar surface area (TPSA) is 99.9 Å². The van der Waals surface area contributed by atoms with Crippen LogP contribution in [0.15, 0.2) is 12.1 Å². The van der Waals surface area contributed by atoms with Gasteiger partial charge < -0.3 is 25.3 Å². The number of benzene rings is 1. The summed E-state index contributed by atoms with van der Waals surface area (Å²) in [5.74, 6) is -0.424. The Bertz CT molecular complexity index is 462. The second-order valence-corrected chi connectivity index (χ2v) is 3.56. The maximum atomic E-state index is 11.1. The van der Waals surface area contributed by atoms with Crippen LogP contribution in [0.25, 0.3) is 0 Å². The number of nitrogens with one attached hydrogen (secondary N) is 1. The summed E-state index contributed by atoms with van der Waals surface area (Å²) in [6.07, 6.45) is 0. The lowest BCUT2D eigenvalue weighted by atomic mass is 10.1. The van der Waals surface area contributed by atoms with Crippen molar-refractivity contribution in [1.82, 2.24) is 5.32 Å². The van der Waals surface area contributed by atoms with Gasteiger partial charge in [-0.1, -0.05) is 0 Å². The molecule has 0 atom stereocenters. The van der Waals surface area contributed by atoms with Gasteiger partial charge in [0.25, 0.3) is 0 Å². The molecule has 0 saturated carbocycles. The van der Waals surface area contributed by atoms with Crippen molar-refractivity contribution in [2.45, 2.75) is 6.54 Å². The van der Waals surface area contributed by atoms with Crippen LogP contribution in [0.1, 0.15) is 5.56 Å². The highest BCUT2D eigenvalue weighted by Gasteiger charge is 2.15. The first kappa shape index (κ1) is 14.6. The predicted molar refractivity (Wildman–Crippen MR) is 67.1 cm³/mol. The Morgan fingerprint density at radius 2 is 1.63 bits per heavy atom. The smallest absolute Gasteiger partial charge is 0.309 e. The van der Waals surface area contributed by atoms with Gasteiger partial charge in [-0.15, -0.1) is 0 Å². The zero-order chi connectivity index (χ0) is 14.4. The van der Waals surface area contributed by atoms with Crippen molar-refractivity contribution < 1.29 is 23.8 Å². The summed E-state index contributed by atoms with van der Waals surface area (Å²) in [6, 6.07) is 3.29. The molecule has 0 aliphatic carbocycles. The van der Waals surface area contributed by atoms with Crippen molar-refractivity contribution in [1.29, 1.82) is 0 Å². The van der Waals surface area contributed by atoms with E-state index in [2.05, 4.69) is 5.32 Å². The highest BCUT2D eigenvalue weighted by molar-refractivity contribution is 6.34. The van der Waals surface area contributed by atoms with E-state index in [1.54, 1.807) is 12.1 Å². The van der Waals surface area contributed by atoms with Crippen molar-refractivity contribution in [2.24, 2.45) is 5.73 Å². The van der Waals surface area contributed by atoms with Crippen molar-refractivity contribution >= 4 is 11.8 Å². The van der Waals surface area contributed by atoms with Crippen LogP contribution < -0.4 is 25.3 Å². The SMILES string of the molecule is COc1cc(OC)c(CNC(=O)C(N)=O)c(OC)c1. The van der Waals surface area contributed by atoms with E-state index in [-0.39, 0.29) is 6.54 Å². The molecular formula is C12H16N2O5. The molecule has 0 aromatic heterocycles. The summed E-state index contributed by atoms with van der Waals surface area (Å²) < 4.78 is 15.5. The molecule has 3 N–H and O–H groups in total. The second-order valence-electron chi connectivity index (χ2n) is 3.56. The Morgan fingerprint density at radius 3 is 2.00 bits per heavy atom. The van der Waals surface area contributed by atoms with Crippen LogP contribution in [0.3, 0.4) is 0 Å². The molecule has 1 rings (SSSR count). The number of rotatable bonds is 5. The molecule has 0 unspecified atom stereocenters. The van der Waals surface area contributed by atoms with Gasteiger partial charge in [-0.25, -0.2) is 0 Å². The van der Waals surface area contributed by atoms with Gasteiger partial charge >= 0.3 is 11.8 Å². The average molecular weight is 268 g/mol. The van der Waals surface area contributed by atoms with E-state index in [1.807, 2.05) is 0 Å². The Balaban J connectivity index is 3.03. The number of ether oxygens (including phenoxy) is 3. The van der Waals surface area contributed by atoms with E-state index in [4.69, 9.17) is 19.9 Å². The summed E-state index contributed by atoms with van der Waals surface area (Å²) >= 11 is 0. The van der Waals surface area contributed by atoms with E-state index >= 15 is 0 Å². The van der Waals surface area contributed by atoms with Gasteiger partial charge in [0.15, 0.2) is 0 Å². The fourth-order valence-electron chi connectivity index (χ4n) is 1.51. The first-order chi connectivity index (χ1) is 9.03. The molecule has 2 amide bonds. The van der Waals surface area contributed by atoms with Gasteiger partial charge in [0, 0.05) is 12.1 Å². The number of carbonyl (C=O) groups is 2. The first-order valence-electron chi connectivity index (χ1n) is 5.40. The van der Waals surface area contributed by atoms with Crippen molar-refractivity contribution in [2.75, 3.05) is 21.3 Å². The van der Waals surface area contributed by atoms with E-state index < -0.39 is 11.8 Å². The number of methoxy groups -OCH3 is 3. The van der Waals surface area contributed by atoms with Crippen LogP contribution in [-0.2, 0) is 16.1 Å². The highest BCUT2D eigenvalue weighted by Crippen LogP contribution is 2.33. The quantitative estimate of drug-likeness (QED) is 0.721. The van der Waals surface area contributed by atoms with E-state index in [1.165, 1.54) is 21.3 Å². The lowest BCUT2D eigenvalue weighted by Gasteiger charge is -2.15. The molecule has 0 bridgehead atoms. The van der Waals surface area contributed by atoms with Crippen LogP contribution in [-0.4, -0.2) is 33.1 Å². The van der Waals surface area contributed by atoms with Crippen LogP contribution in [0.4, 0.5) is 0 Å². The zero-order valence-electron chi connectivity index (χ0n) is 11.0. The van der Waals surface area contributed by atoms with Crippen LogP contribution >= 0.6 is 0 Å². The van der Waals surface area contributed by atoms with Crippen molar-refractivity contribution in [3.8, 4) is 17.2 Å². The largest absolute Gasteiger partial charge is 0.496 e. The van der Waals surface area contributed by atoms with Gasteiger partial charge in [-0.3, -0.25) is 9.59 Å². The molecular weight excluding hydrogens is 252 g/mol. The Labute approximate surface area is 110 Å². The lowest BCUT2D eigenvalue weighted by molar-refractivity contribution is -0.137. The minimum Gasteiger partial charge on any atom is -0.496 e. The number of primary amides is 1. The number of hydrogen-bond donors (Lipinski definition) is 2. The monoisotopic (exact) mass is 268 g/mol. The van der Waals surface area contributed by atoms with Gasteiger partial charge in [0.1, 0.15) is 17.2 Å². The summed E-state index contributed by atoms with van der Waals surface area (Å²) in [5.41, 5.74) is 5.44. The molecule has 19 heavy (non-hydrogen) atoms. The van der Waals surface area contributed by atoms with E-state index in [9.17, 15) is 9.59 Å². The molecule has 1 aromatic carbocycles.